The molecule has 166 valence electrons. The van der Waals surface area contributed by atoms with Crippen LogP contribution in [0.1, 0.15) is 12.0 Å². The van der Waals surface area contributed by atoms with Gasteiger partial charge in [-0.1, -0.05) is 6.07 Å². The van der Waals surface area contributed by atoms with Gasteiger partial charge in [-0.3, -0.25) is 9.89 Å². The van der Waals surface area contributed by atoms with E-state index >= 15 is 0 Å². The Morgan fingerprint density at radius 1 is 1.24 bits per heavy atom. The number of aliphatic imine (C=N–C) groups is 1. The summed E-state index contributed by atoms with van der Waals surface area (Å²) in [6, 6.07) is 2.72. The number of guanidine groups is 1. The van der Waals surface area contributed by atoms with E-state index in [9.17, 15) is 26.3 Å². The van der Waals surface area contributed by atoms with E-state index in [0.29, 0.717) is 24.5 Å². The molecule has 2 heterocycles. The number of nitrogens with one attached hydrogen (secondary N) is 2. The summed E-state index contributed by atoms with van der Waals surface area (Å²) in [4.78, 5) is 9.15. The van der Waals surface area contributed by atoms with Crippen LogP contribution in [0.5, 0.6) is 5.88 Å². The molecule has 1 fully saturated rings. The molecule has 1 saturated heterocycles. The zero-order valence-corrected chi connectivity index (χ0v) is 17.8. The Morgan fingerprint density at radius 3 is 2.52 bits per heavy atom. The topological polar surface area (TPSA) is 61.8 Å². The molecule has 0 radical (unpaired) electrons. The first kappa shape index (κ1) is 25.5. The molecule has 2 rings (SSSR count). The van der Waals surface area contributed by atoms with Gasteiger partial charge in [0.1, 0.15) is 0 Å². The van der Waals surface area contributed by atoms with Crippen LogP contribution in [0.3, 0.4) is 0 Å². The van der Waals surface area contributed by atoms with Gasteiger partial charge in [-0.15, -0.1) is 24.0 Å². The highest BCUT2D eigenvalue weighted by molar-refractivity contribution is 14.0. The lowest BCUT2D eigenvalue weighted by molar-refractivity contribution is -0.154. The monoisotopic (exact) mass is 541 g/mol. The first-order chi connectivity index (χ1) is 13.0. The van der Waals surface area contributed by atoms with E-state index < -0.39 is 25.5 Å². The van der Waals surface area contributed by atoms with Gasteiger partial charge in [0, 0.05) is 45.0 Å². The van der Waals surface area contributed by atoms with E-state index in [1.165, 1.54) is 24.2 Å². The number of pyridine rings is 1. The predicted octanol–water partition coefficient (Wildman–Crippen LogP) is 2.94. The van der Waals surface area contributed by atoms with Crippen molar-refractivity contribution in [3.05, 3.63) is 23.9 Å². The number of alkyl halides is 6. The van der Waals surface area contributed by atoms with Gasteiger partial charge in [-0.2, -0.15) is 26.3 Å². The summed E-state index contributed by atoms with van der Waals surface area (Å²) in [6.45, 7) is -1.47. The smallest absolute Gasteiger partial charge is 0.422 e. The third-order valence-corrected chi connectivity index (χ3v) is 3.88. The van der Waals surface area contributed by atoms with E-state index in [0.717, 1.165) is 0 Å². The maximum absolute atomic E-state index is 12.4. The second-order valence-electron chi connectivity index (χ2n) is 6.31. The van der Waals surface area contributed by atoms with Gasteiger partial charge < -0.3 is 15.4 Å². The van der Waals surface area contributed by atoms with Crippen LogP contribution in [-0.4, -0.2) is 67.5 Å². The molecule has 1 atom stereocenters. The first-order valence-corrected chi connectivity index (χ1v) is 8.45. The van der Waals surface area contributed by atoms with Crippen molar-refractivity contribution in [2.24, 2.45) is 4.99 Å². The van der Waals surface area contributed by atoms with Crippen LogP contribution in [-0.2, 0) is 6.54 Å². The molecule has 0 amide bonds. The number of rotatable bonds is 6. The summed E-state index contributed by atoms with van der Waals surface area (Å²) in [7, 11) is 1.53. The molecule has 13 heteroatoms. The Morgan fingerprint density at radius 2 is 1.97 bits per heavy atom. The fourth-order valence-corrected chi connectivity index (χ4v) is 2.68. The molecular weight excluding hydrogens is 519 g/mol. The summed E-state index contributed by atoms with van der Waals surface area (Å²) in [6.07, 6.45) is -6.73. The summed E-state index contributed by atoms with van der Waals surface area (Å²) in [5.41, 5.74) is 0.674. The van der Waals surface area contributed by atoms with Gasteiger partial charge >= 0.3 is 12.4 Å². The van der Waals surface area contributed by atoms with Crippen molar-refractivity contribution >= 4 is 29.9 Å². The van der Waals surface area contributed by atoms with Gasteiger partial charge in [0.15, 0.2) is 12.6 Å². The number of nitrogens with zero attached hydrogens (tertiary/aromatic N) is 3. The Balaban J connectivity index is 0.00000420. The maximum atomic E-state index is 12.4. The van der Waals surface area contributed by atoms with Crippen molar-refractivity contribution in [3.8, 4) is 5.88 Å². The van der Waals surface area contributed by atoms with E-state index in [4.69, 9.17) is 0 Å². The summed E-state index contributed by atoms with van der Waals surface area (Å²) in [5, 5.41) is 6.05. The highest BCUT2D eigenvalue weighted by Crippen LogP contribution is 2.20. The van der Waals surface area contributed by atoms with Crippen molar-refractivity contribution in [1.82, 2.24) is 20.5 Å². The van der Waals surface area contributed by atoms with E-state index in [-0.39, 0.29) is 49.0 Å². The Kier molecular flexibility index (Phi) is 9.71. The number of aromatic nitrogens is 1. The zero-order chi connectivity index (χ0) is 20.8. The second-order valence-corrected chi connectivity index (χ2v) is 6.31. The minimum Gasteiger partial charge on any atom is -0.468 e. The van der Waals surface area contributed by atoms with Gasteiger partial charge in [-0.25, -0.2) is 4.98 Å². The molecule has 1 aromatic rings. The third kappa shape index (κ3) is 10.2. The van der Waals surface area contributed by atoms with Crippen LogP contribution in [0.2, 0.25) is 0 Å². The molecule has 1 unspecified atom stereocenters. The minimum absolute atomic E-state index is 0. The van der Waals surface area contributed by atoms with Gasteiger partial charge in [0.2, 0.25) is 5.88 Å². The van der Waals surface area contributed by atoms with Crippen LogP contribution in [0, 0.1) is 0 Å². The molecule has 0 saturated carbocycles. The minimum atomic E-state index is -4.43. The van der Waals surface area contributed by atoms with Crippen molar-refractivity contribution < 1.29 is 31.1 Å². The highest BCUT2D eigenvalue weighted by atomic mass is 127. The zero-order valence-electron chi connectivity index (χ0n) is 15.5. The maximum Gasteiger partial charge on any atom is 0.422 e. The number of halogens is 7. The fourth-order valence-electron chi connectivity index (χ4n) is 2.68. The Hall–Kier alpha value is -1.51. The molecule has 0 aromatic carbocycles. The number of hydrogen-bond acceptors (Lipinski definition) is 4. The quantitative estimate of drug-likeness (QED) is 0.251. The average molecular weight is 541 g/mol. The van der Waals surface area contributed by atoms with Crippen LogP contribution in [0.15, 0.2) is 23.3 Å². The molecule has 0 aliphatic carbocycles. The van der Waals surface area contributed by atoms with Crippen LogP contribution in [0.4, 0.5) is 26.3 Å². The van der Waals surface area contributed by atoms with Gasteiger partial charge in [0.25, 0.3) is 0 Å². The lowest BCUT2D eigenvalue weighted by atomic mass is 10.2. The molecule has 0 bridgehead atoms. The van der Waals surface area contributed by atoms with Crippen LogP contribution < -0.4 is 15.4 Å². The van der Waals surface area contributed by atoms with Crippen molar-refractivity contribution in [3.63, 3.8) is 0 Å². The molecular formula is C16H22F6IN5O. The highest BCUT2D eigenvalue weighted by Gasteiger charge is 2.34. The Labute approximate surface area is 181 Å². The summed E-state index contributed by atoms with van der Waals surface area (Å²) < 4.78 is 78.1. The summed E-state index contributed by atoms with van der Waals surface area (Å²) in [5.74, 6) is 0.274. The normalized spacial score (nSPS) is 18.3. The molecule has 1 aliphatic rings. The van der Waals surface area contributed by atoms with Crippen molar-refractivity contribution in [2.75, 3.05) is 33.3 Å². The molecule has 1 aliphatic heterocycles. The third-order valence-electron chi connectivity index (χ3n) is 3.88. The molecule has 29 heavy (non-hydrogen) atoms. The fraction of sp³-hybridized carbons (Fsp3) is 0.625. The molecule has 6 nitrogen and oxygen atoms in total. The second kappa shape index (κ2) is 11.0. The number of hydrogen-bond donors (Lipinski definition) is 2. The van der Waals surface area contributed by atoms with Gasteiger partial charge in [-0.05, 0) is 12.0 Å². The summed E-state index contributed by atoms with van der Waals surface area (Å²) >= 11 is 0. The van der Waals surface area contributed by atoms with E-state index in [1.54, 1.807) is 6.07 Å². The van der Waals surface area contributed by atoms with E-state index in [2.05, 4.69) is 25.3 Å². The molecule has 1 aromatic heterocycles. The van der Waals surface area contributed by atoms with Crippen LogP contribution >= 0.6 is 24.0 Å². The van der Waals surface area contributed by atoms with Crippen molar-refractivity contribution in [1.29, 1.82) is 0 Å². The largest absolute Gasteiger partial charge is 0.468 e. The first-order valence-electron chi connectivity index (χ1n) is 8.45. The standard InChI is InChI=1S/C16H21F6N5O.HI/c1-23-14(26-12-4-5-27(8-12)9-15(17,18)19)25-7-11-2-3-13(24-6-11)28-10-16(20,21)22;/h2-3,6,12H,4-5,7-10H2,1H3,(H2,23,25,26);1H. The lowest BCUT2D eigenvalue weighted by Crippen LogP contribution is -2.44. The number of ether oxygens (including phenoxy) is 1. The van der Waals surface area contributed by atoms with Crippen molar-refractivity contribution in [2.45, 2.75) is 31.4 Å². The van der Waals surface area contributed by atoms with Gasteiger partial charge in [0.05, 0.1) is 6.54 Å². The average Bonchev–Trinajstić information content (AvgIpc) is 3.02. The lowest BCUT2D eigenvalue weighted by Gasteiger charge is -2.19. The molecule has 2 N–H and O–H groups in total. The molecule has 0 spiro atoms. The van der Waals surface area contributed by atoms with Crippen LogP contribution in [0.25, 0.3) is 0 Å². The number of likely N-dealkylation sites (tertiary alicyclic amines) is 1. The van der Waals surface area contributed by atoms with E-state index in [1.807, 2.05) is 0 Å². The SMILES string of the molecule is CN=C(NCc1ccc(OCC(F)(F)F)nc1)NC1CCN(CC(F)(F)F)C1.I. The predicted molar refractivity (Wildman–Crippen MR) is 105 cm³/mol. The Bertz CT molecular complexity index is 653.